The van der Waals surface area contributed by atoms with Gasteiger partial charge in [-0.3, -0.25) is 14.7 Å². The van der Waals surface area contributed by atoms with Crippen LogP contribution in [0.2, 0.25) is 0 Å². The van der Waals surface area contributed by atoms with Crippen molar-refractivity contribution in [2.45, 2.75) is 83.4 Å². The molecule has 1 N–H and O–H groups in total. The SMILES string of the molecule is CCCCC1=NC2(CCCC2)C(=O)N1Cc1cccc(-c2ccccc2OC(C)(C)C(=O)O)c1. The lowest BCUT2D eigenvalue weighted by molar-refractivity contribution is -0.152. The molecule has 0 radical (unpaired) electrons. The average Bonchev–Trinajstić information content (AvgIpc) is 3.39. The molecule has 0 bridgehead atoms. The van der Waals surface area contributed by atoms with Crippen molar-refractivity contribution in [1.82, 2.24) is 4.90 Å². The number of unbranched alkanes of at least 4 members (excludes halogenated alkanes) is 1. The Labute approximate surface area is 201 Å². The number of carboxylic acids is 1. The topological polar surface area (TPSA) is 79.2 Å². The maximum Gasteiger partial charge on any atom is 0.347 e. The number of amidine groups is 1. The summed E-state index contributed by atoms with van der Waals surface area (Å²) in [5, 5.41) is 9.49. The minimum Gasteiger partial charge on any atom is -0.478 e. The van der Waals surface area contributed by atoms with Crippen LogP contribution in [0, 0.1) is 0 Å². The van der Waals surface area contributed by atoms with Crippen molar-refractivity contribution in [3.8, 4) is 16.9 Å². The lowest BCUT2D eigenvalue weighted by Crippen LogP contribution is -2.40. The van der Waals surface area contributed by atoms with E-state index in [2.05, 4.69) is 13.0 Å². The van der Waals surface area contributed by atoms with E-state index in [1.807, 2.05) is 41.3 Å². The molecule has 0 saturated heterocycles. The van der Waals surface area contributed by atoms with E-state index in [4.69, 9.17) is 9.73 Å². The first kappa shape index (κ1) is 24.0. The number of rotatable bonds is 9. The minimum atomic E-state index is -1.35. The Kier molecular flexibility index (Phi) is 6.78. The van der Waals surface area contributed by atoms with Crippen LogP contribution in [0.3, 0.4) is 0 Å². The van der Waals surface area contributed by atoms with Crippen molar-refractivity contribution in [2.24, 2.45) is 4.99 Å². The first-order valence-corrected chi connectivity index (χ1v) is 12.3. The van der Waals surface area contributed by atoms with Crippen LogP contribution in [0.1, 0.15) is 71.3 Å². The summed E-state index contributed by atoms with van der Waals surface area (Å²) >= 11 is 0. The third kappa shape index (κ3) is 4.72. The van der Waals surface area contributed by atoms with Crippen LogP contribution < -0.4 is 4.74 Å². The number of aliphatic carboxylic acids is 1. The Bertz CT molecular complexity index is 1100. The Balaban J connectivity index is 1.61. The van der Waals surface area contributed by atoms with E-state index in [9.17, 15) is 14.7 Å². The van der Waals surface area contributed by atoms with Gasteiger partial charge in [0.1, 0.15) is 17.1 Å². The molecule has 180 valence electrons. The highest BCUT2D eigenvalue weighted by atomic mass is 16.5. The first-order valence-electron chi connectivity index (χ1n) is 12.3. The average molecular weight is 463 g/mol. The minimum absolute atomic E-state index is 0.147. The summed E-state index contributed by atoms with van der Waals surface area (Å²) in [6, 6.07) is 15.5. The fraction of sp³-hybridized carbons (Fsp3) is 0.464. The molecule has 6 nitrogen and oxygen atoms in total. The second kappa shape index (κ2) is 9.61. The lowest BCUT2D eigenvalue weighted by atomic mass is 9.97. The molecule has 4 rings (SSSR count). The van der Waals surface area contributed by atoms with Gasteiger partial charge in [0.05, 0.1) is 6.54 Å². The Morgan fingerprint density at radius 1 is 1.15 bits per heavy atom. The molecule has 6 heteroatoms. The van der Waals surface area contributed by atoms with Gasteiger partial charge < -0.3 is 9.84 Å². The Hall–Kier alpha value is -3.15. The predicted molar refractivity (Wildman–Crippen MR) is 133 cm³/mol. The molecular formula is C28H34N2O4. The van der Waals surface area contributed by atoms with Gasteiger partial charge in [-0.1, -0.05) is 62.6 Å². The van der Waals surface area contributed by atoms with Crippen LogP contribution in [0.5, 0.6) is 5.75 Å². The van der Waals surface area contributed by atoms with Gasteiger partial charge in [-0.25, -0.2) is 4.79 Å². The zero-order chi connectivity index (χ0) is 24.3. The number of carbonyl (C=O) groups is 2. The summed E-state index contributed by atoms with van der Waals surface area (Å²) in [4.78, 5) is 31.9. The number of nitrogens with zero attached hydrogens (tertiary/aromatic N) is 2. The standard InChI is InChI=1S/C28H34N2O4/c1-4-5-15-24-29-28(16-8-9-17-28)25(31)30(24)19-20-11-10-12-21(18-20)22-13-6-7-14-23(22)34-27(2,3)26(32)33/h6-7,10-14,18H,4-5,8-9,15-17,19H2,1-3H3,(H,32,33). The van der Waals surface area contributed by atoms with Crippen LogP contribution in [0.15, 0.2) is 53.5 Å². The maximum atomic E-state index is 13.5. The number of hydrogen-bond donors (Lipinski definition) is 1. The van der Waals surface area contributed by atoms with Crippen LogP contribution in [-0.2, 0) is 16.1 Å². The predicted octanol–water partition coefficient (Wildman–Crippen LogP) is 5.84. The largest absolute Gasteiger partial charge is 0.478 e. The molecule has 2 aliphatic rings. The van der Waals surface area contributed by atoms with E-state index in [0.29, 0.717) is 12.3 Å². The number of para-hydroxylation sites is 1. The van der Waals surface area contributed by atoms with Crippen LogP contribution in [0.4, 0.5) is 0 Å². The van der Waals surface area contributed by atoms with Crippen molar-refractivity contribution in [2.75, 3.05) is 0 Å². The summed E-state index contributed by atoms with van der Waals surface area (Å²) in [5.74, 6) is 0.558. The molecule has 1 fully saturated rings. The fourth-order valence-corrected chi connectivity index (χ4v) is 4.83. The van der Waals surface area contributed by atoms with Gasteiger partial charge >= 0.3 is 5.97 Å². The summed E-state index contributed by atoms with van der Waals surface area (Å²) in [6.07, 6.45) is 6.72. The number of ether oxygens (including phenoxy) is 1. The molecule has 34 heavy (non-hydrogen) atoms. The zero-order valence-corrected chi connectivity index (χ0v) is 20.3. The molecule has 1 amide bonds. The molecule has 2 aromatic carbocycles. The van der Waals surface area contributed by atoms with E-state index in [1.165, 1.54) is 13.8 Å². The van der Waals surface area contributed by atoms with Crippen molar-refractivity contribution < 1.29 is 19.4 Å². The fourth-order valence-electron chi connectivity index (χ4n) is 4.83. The molecular weight excluding hydrogens is 428 g/mol. The quantitative estimate of drug-likeness (QED) is 0.508. The second-order valence-corrected chi connectivity index (χ2v) is 9.88. The molecule has 1 spiro atoms. The van der Waals surface area contributed by atoms with E-state index in [1.54, 1.807) is 6.07 Å². The van der Waals surface area contributed by atoms with Gasteiger partial charge in [0.25, 0.3) is 5.91 Å². The molecule has 1 saturated carbocycles. The second-order valence-electron chi connectivity index (χ2n) is 9.88. The lowest BCUT2D eigenvalue weighted by Gasteiger charge is -2.24. The summed E-state index contributed by atoms with van der Waals surface area (Å²) in [6.45, 7) is 5.72. The highest BCUT2D eigenvalue weighted by molar-refractivity contribution is 6.08. The van der Waals surface area contributed by atoms with Crippen LogP contribution >= 0.6 is 0 Å². The molecule has 0 unspecified atom stereocenters. The van der Waals surface area contributed by atoms with Crippen LogP contribution in [0.25, 0.3) is 11.1 Å². The van der Waals surface area contributed by atoms with Gasteiger partial charge in [-0.15, -0.1) is 0 Å². The van der Waals surface area contributed by atoms with Gasteiger partial charge in [-0.2, -0.15) is 0 Å². The summed E-state index contributed by atoms with van der Waals surface area (Å²) < 4.78 is 5.88. The smallest absolute Gasteiger partial charge is 0.347 e. The van der Waals surface area contributed by atoms with Gasteiger partial charge in [-0.05, 0) is 56.4 Å². The normalized spacial score (nSPS) is 17.3. The summed E-state index contributed by atoms with van der Waals surface area (Å²) in [5.41, 5.74) is 0.860. The third-order valence-corrected chi connectivity index (χ3v) is 6.83. The van der Waals surface area contributed by atoms with E-state index in [0.717, 1.165) is 67.5 Å². The number of carbonyl (C=O) groups excluding carboxylic acids is 1. The molecule has 0 aromatic heterocycles. The highest BCUT2D eigenvalue weighted by Crippen LogP contribution is 2.40. The van der Waals surface area contributed by atoms with Crippen molar-refractivity contribution in [1.29, 1.82) is 0 Å². The molecule has 1 heterocycles. The molecule has 1 aliphatic carbocycles. The number of aliphatic imine (C=N–C) groups is 1. The maximum absolute atomic E-state index is 13.5. The number of hydrogen-bond acceptors (Lipinski definition) is 4. The van der Waals surface area contributed by atoms with E-state index < -0.39 is 17.1 Å². The Morgan fingerprint density at radius 3 is 2.59 bits per heavy atom. The number of benzene rings is 2. The third-order valence-electron chi connectivity index (χ3n) is 6.83. The van der Waals surface area contributed by atoms with E-state index >= 15 is 0 Å². The molecule has 0 atom stereocenters. The van der Waals surface area contributed by atoms with Gasteiger partial charge in [0.2, 0.25) is 0 Å². The van der Waals surface area contributed by atoms with Crippen molar-refractivity contribution in [3.05, 3.63) is 54.1 Å². The van der Waals surface area contributed by atoms with Gasteiger partial charge in [0.15, 0.2) is 5.60 Å². The highest BCUT2D eigenvalue weighted by Gasteiger charge is 2.49. The summed E-state index contributed by atoms with van der Waals surface area (Å²) in [7, 11) is 0. The first-order chi connectivity index (χ1) is 16.3. The van der Waals surface area contributed by atoms with E-state index in [-0.39, 0.29) is 5.91 Å². The van der Waals surface area contributed by atoms with Gasteiger partial charge in [0, 0.05) is 12.0 Å². The van der Waals surface area contributed by atoms with Crippen LogP contribution in [-0.4, -0.2) is 38.9 Å². The molecule has 1 aliphatic heterocycles. The monoisotopic (exact) mass is 462 g/mol. The van der Waals surface area contributed by atoms with Crippen molar-refractivity contribution >= 4 is 17.7 Å². The number of amides is 1. The molecule has 2 aromatic rings. The number of carboxylic acid groups (broad SMARTS) is 1. The van der Waals surface area contributed by atoms with Crippen molar-refractivity contribution in [3.63, 3.8) is 0 Å². The Morgan fingerprint density at radius 2 is 1.88 bits per heavy atom. The zero-order valence-electron chi connectivity index (χ0n) is 20.3.